The maximum absolute atomic E-state index is 11.8. The minimum Gasteiger partial charge on any atom is -0.326 e. The van der Waals surface area contributed by atoms with Crippen LogP contribution in [-0.4, -0.2) is 12.5 Å². The summed E-state index contributed by atoms with van der Waals surface area (Å²) >= 11 is 6.02. The van der Waals surface area contributed by atoms with Crippen molar-refractivity contribution >= 4 is 23.2 Å². The average Bonchev–Trinajstić information content (AvgIpc) is 2.27. The normalized spacial score (nSPS) is 10.6. The van der Waals surface area contributed by atoms with Crippen molar-refractivity contribution in [2.45, 2.75) is 27.2 Å². The molecule has 1 rings (SSSR count). The number of carbonyl (C=O) groups is 1. The fourth-order valence-electron chi connectivity index (χ4n) is 1.53. The summed E-state index contributed by atoms with van der Waals surface area (Å²) in [7, 11) is 0. The number of hydrogen-bond acceptors (Lipinski definition) is 2. The summed E-state index contributed by atoms with van der Waals surface area (Å²) in [5.74, 6) is 5.60. The second kappa shape index (κ2) is 6.60. The topological polar surface area (TPSA) is 55.1 Å². The molecule has 0 aliphatic carbocycles. The minimum atomic E-state index is -0.0430. The molecule has 1 aromatic carbocycles. The lowest BCUT2D eigenvalue weighted by molar-refractivity contribution is -0.117. The molecule has 0 saturated carbocycles. The van der Waals surface area contributed by atoms with Gasteiger partial charge in [-0.15, -0.1) is 0 Å². The summed E-state index contributed by atoms with van der Waals surface area (Å²) < 4.78 is 0. The molecule has 19 heavy (non-hydrogen) atoms. The van der Waals surface area contributed by atoms with E-state index >= 15 is 0 Å². The van der Waals surface area contributed by atoms with Crippen LogP contribution in [0.1, 0.15) is 32.8 Å². The van der Waals surface area contributed by atoms with Crippen molar-refractivity contribution in [3.63, 3.8) is 0 Å². The molecule has 0 fully saturated rings. The van der Waals surface area contributed by atoms with E-state index in [0.29, 0.717) is 22.7 Å². The highest BCUT2D eigenvalue weighted by atomic mass is 35.5. The van der Waals surface area contributed by atoms with Crippen molar-refractivity contribution in [3.05, 3.63) is 28.8 Å². The molecule has 0 aliphatic heterocycles. The molecule has 0 aliphatic rings. The Hall–Kier alpha value is -1.50. The molecule has 0 radical (unpaired) electrons. The number of nitrogens with one attached hydrogen (secondary N) is 1. The zero-order valence-electron chi connectivity index (χ0n) is 11.5. The molecule has 0 spiro atoms. The summed E-state index contributed by atoms with van der Waals surface area (Å²) in [5.41, 5.74) is 6.65. The molecule has 1 aromatic rings. The van der Waals surface area contributed by atoms with E-state index in [-0.39, 0.29) is 17.9 Å². The molecule has 1 amide bonds. The van der Waals surface area contributed by atoms with Crippen molar-refractivity contribution < 1.29 is 4.79 Å². The van der Waals surface area contributed by atoms with Gasteiger partial charge in [-0.2, -0.15) is 0 Å². The SMILES string of the molecule is CC(C)(C)CC(=O)Nc1ccc(Cl)c(C#CCN)c1. The molecule has 0 heterocycles. The van der Waals surface area contributed by atoms with Crippen molar-refractivity contribution in [3.8, 4) is 11.8 Å². The van der Waals surface area contributed by atoms with E-state index in [1.54, 1.807) is 18.2 Å². The van der Waals surface area contributed by atoms with Crippen molar-refractivity contribution in [2.24, 2.45) is 11.1 Å². The molecule has 0 bridgehead atoms. The average molecular weight is 279 g/mol. The van der Waals surface area contributed by atoms with Crippen LogP contribution in [-0.2, 0) is 4.79 Å². The number of anilines is 1. The van der Waals surface area contributed by atoms with Gasteiger partial charge >= 0.3 is 0 Å². The van der Waals surface area contributed by atoms with Gasteiger partial charge in [0.2, 0.25) is 5.91 Å². The predicted octanol–water partition coefficient (Wildman–Crippen LogP) is 3.02. The maximum Gasteiger partial charge on any atom is 0.224 e. The molecule has 102 valence electrons. The first-order valence-electron chi connectivity index (χ1n) is 6.10. The Morgan fingerprint density at radius 1 is 1.42 bits per heavy atom. The first-order valence-corrected chi connectivity index (χ1v) is 6.48. The molecule has 0 saturated heterocycles. The van der Waals surface area contributed by atoms with Crippen molar-refractivity contribution in [1.82, 2.24) is 0 Å². The van der Waals surface area contributed by atoms with E-state index in [9.17, 15) is 4.79 Å². The van der Waals surface area contributed by atoms with E-state index in [1.807, 2.05) is 20.8 Å². The van der Waals surface area contributed by atoms with Gasteiger partial charge in [0.1, 0.15) is 0 Å². The van der Waals surface area contributed by atoms with Crippen molar-refractivity contribution in [1.29, 1.82) is 0 Å². The van der Waals surface area contributed by atoms with Crippen LogP contribution in [0.15, 0.2) is 18.2 Å². The van der Waals surface area contributed by atoms with Gasteiger partial charge in [-0.1, -0.05) is 44.2 Å². The van der Waals surface area contributed by atoms with Crippen LogP contribution >= 0.6 is 11.6 Å². The number of halogens is 1. The molecular formula is C15H19ClN2O. The zero-order chi connectivity index (χ0) is 14.5. The Morgan fingerprint density at radius 3 is 2.68 bits per heavy atom. The minimum absolute atomic E-state index is 0.0208. The Bertz CT molecular complexity index is 521. The van der Waals surface area contributed by atoms with Crippen LogP contribution in [0.25, 0.3) is 0 Å². The number of amides is 1. The monoisotopic (exact) mass is 278 g/mol. The molecular weight excluding hydrogens is 260 g/mol. The van der Waals surface area contributed by atoms with Gasteiger partial charge in [0.15, 0.2) is 0 Å². The number of hydrogen-bond donors (Lipinski definition) is 2. The fraction of sp³-hybridized carbons (Fsp3) is 0.400. The highest BCUT2D eigenvalue weighted by Gasteiger charge is 2.16. The van der Waals surface area contributed by atoms with Crippen molar-refractivity contribution in [2.75, 3.05) is 11.9 Å². The van der Waals surface area contributed by atoms with Gasteiger partial charge in [-0.3, -0.25) is 4.79 Å². The largest absolute Gasteiger partial charge is 0.326 e. The van der Waals surface area contributed by atoms with Crippen LogP contribution in [0.5, 0.6) is 0 Å². The Morgan fingerprint density at radius 2 is 2.11 bits per heavy atom. The quantitative estimate of drug-likeness (QED) is 0.817. The zero-order valence-corrected chi connectivity index (χ0v) is 12.3. The molecule has 0 unspecified atom stereocenters. The smallest absolute Gasteiger partial charge is 0.224 e. The second-order valence-electron chi connectivity index (χ2n) is 5.49. The molecule has 3 N–H and O–H groups in total. The van der Waals surface area contributed by atoms with Crippen LogP contribution in [0, 0.1) is 17.3 Å². The first-order chi connectivity index (χ1) is 8.81. The van der Waals surface area contributed by atoms with E-state index < -0.39 is 0 Å². The summed E-state index contributed by atoms with van der Waals surface area (Å²) in [6.45, 7) is 6.34. The third-order valence-corrected chi connectivity index (χ3v) is 2.60. The molecule has 3 nitrogen and oxygen atoms in total. The summed E-state index contributed by atoms with van der Waals surface area (Å²) in [5, 5.41) is 3.40. The van der Waals surface area contributed by atoms with Gasteiger partial charge in [-0.05, 0) is 23.6 Å². The van der Waals surface area contributed by atoms with Crippen LogP contribution in [0.4, 0.5) is 5.69 Å². The lowest BCUT2D eigenvalue weighted by atomic mass is 9.92. The Labute approximate surface area is 119 Å². The predicted molar refractivity (Wildman–Crippen MR) is 80.1 cm³/mol. The maximum atomic E-state index is 11.8. The van der Waals surface area contributed by atoms with Gasteiger partial charge in [0.25, 0.3) is 0 Å². The third kappa shape index (κ3) is 5.78. The van der Waals surface area contributed by atoms with E-state index in [2.05, 4.69) is 17.2 Å². The fourth-order valence-corrected chi connectivity index (χ4v) is 1.70. The lowest BCUT2D eigenvalue weighted by Crippen LogP contribution is -2.19. The highest BCUT2D eigenvalue weighted by molar-refractivity contribution is 6.31. The first kappa shape index (κ1) is 15.6. The summed E-state index contributed by atoms with van der Waals surface area (Å²) in [6, 6.07) is 5.23. The molecule has 4 heteroatoms. The Balaban J connectivity index is 2.83. The highest BCUT2D eigenvalue weighted by Crippen LogP contribution is 2.22. The summed E-state index contributed by atoms with van der Waals surface area (Å²) in [4.78, 5) is 11.8. The standard InChI is InChI=1S/C15H19ClN2O/c1-15(2,3)10-14(19)18-12-6-7-13(16)11(9-12)5-4-8-17/h6-7,9H,8,10,17H2,1-3H3,(H,18,19). The van der Waals surface area contributed by atoms with E-state index in [0.717, 1.165) is 0 Å². The molecule has 0 atom stereocenters. The number of nitrogens with two attached hydrogens (primary N) is 1. The van der Waals surface area contributed by atoms with E-state index in [1.165, 1.54) is 0 Å². The number of benzene rings is 1. The van der Waals surface area contributed by atoms with Crippen LogP contribution in [0.3, 0.4) is 0 Å². The van der Waals surface area contributed by atoms with E-state index in [4.69, 9.17) is 17.3 Å². The van der Waals surface area contributed by atoms with Gasteiger partial charge in [0.05, 0.1) is 11.6 Å². The second-order valence-corrected chi connectivity index (χ2v) is 5.89. The van der Waals surface area contributed by atoms with Crippen LogP contribution in [0.2, 0.25) is 5.02 Å². The van der Waals surface area contributed by atoms with Crippen LogP contribution < -0.4 is 11.1 Å². The summed E-state index contributed by atoms with van der Waals surface area (Å²) in [6.07, 6.45) is 0.458. The number of rotatable bonds is 2. The number of carbonyl (C=O) groups excluding carboxylic acids is 1. The lowest BCUT2D eigenvalue weighted by Gasteiger charge is -2.17. The van der Waals surface area contributed by atoms with Gasteiger partial charge < -0.3 is 11.1 Å². The van der Waals surface area contributed by atoms with Gasteiger partial charge in [0, 0.05) is 17.7 Å². The Kier molecular flexibility index (Phi) is 5.41. The third-order valence-electron chi connectivity index (χ3n) is 2.27. The molecule has 0 aromatic heterocycles. The van der Waals surface area contributed by atoms with Gasteiger partial charge in [-0.25, -0.2) is 0 Å².